The van der Waals surface area contributed by atoms with Crippen molar-refractivity contribution in [1.29, 1.82) is 0 Å². The van der Waals surface area contributed by atoms with Crippen molar-refractivity contribution in [3.05, 3.63) is 17.5 Å². The molecule has 0 radical (unpaired) electrons. The Kier molecular flexibility index (Phi) is 3.70. The summed E-state index contributed by atoms with van der Waals surface area (Å²) in [6.07, 6.45) is 1.80. The first-order valence-electron chi connectivity index (χ1n) is 5.19. The highest BCUT2D eigenvalue weighted by atomic mass is 16.5. The lowest BCUT2D eigenvalue weighted by Gasteiger charge is -2.22. The number of nitrogens with one attached hydrogen (secondary N) is 1. The SMILES string of the molecule is COC(=O)C(C)(C)NCc1cnn(C)c1C. The standard InChI is InChI=1S/C11H19N3O2/c1-8-9(7-13-14(8)4)6-12-11(2,3)10(15)16-5/h7,12H,6H2,1-5H3. The second kappa shape index (κ2) is 4.65. The molecule has 1 rings (SSSR count). The molecule has 0 aliphatic heterocycles. The number of hydrogen-bond donors (Lipinski definition) is 1. The minimum atomic E-state index is -0.684. The van der Waals surface area contributed by atoms with Gasteiger partial charge in [0, 0.05) is 24.8 Å². The number of rotatable bonds is 4. The van der Waals surface area contributed by atoms with E-state index in [2.05, 4.69) is 10.4 Å². The molecule has 0 spiro atoms. The fraction of sp³-hybridized carbons (Fsp3) is 0.636. The average Bonchev–Trinajstić information content (AvgIpc) is 2.56. The molecule has 5 heteroatoms. The third kappa shape index (κ3) is 2.61. The van der Waals surface area contributed by atoms with Crippen molar-refractivity contribution in [3.63, 3.8) is 0 Å². The first-order chi connectivity index (χ1) is 7.38. The number of aryl methyl sites for hydroxylation is 1. The van der Waals surface area contributed by atoms with E-state index >= 15 is 0 Å². The Labute approximate surface area is 95.8 Å². The first kappa shape index (κ1) is 12.7. The molecule has 0 aliphatic rings. The predicted molar refractivity (Wildman–Crippen MR) is 60.9 cm³/mol. The van der Waals surface area contributed by atoms with Crippen LogP contribution in [0.3, 0.4) is 0 Å². The molecule has 0 unspecified atom stereocenters. The van der Waals surface area contributed by atoms with Crippen molar-refractivity contribution < 1.29 is 9.53 Å². The van der Waals surface area contributed by atoms with Gasteiger partial charge in [-0.05, 0) is 20.8 Å². The molecule has 90 valence electrons. The molecule has 0 amide bonds. The van der Waals surface area contributed by atoms with Gasteiger partial charge < -0.3 is 4.74 Å². The van der Waals surface area contributed by atoms with Gasteiger partial charge in [0.05, 0.1) is 13.3 Å². The Morgan fingerprint density at radius 2 is 2.25 bits per heavy atom. The summed E-state index contributed by atoms with van der Waals surface area (Å²) in [5.74, 6) is -0.269. The summed E-state index contributed by atoms with van der Waals surface area (Å²) < 4.78 is 6.52. The number of methoxy groups -OCH3 is 1. The maximum absolute atomic E-state index is 11.4. The number of aromatic nitrogens is 2. The number of carbonyl (C=O) groups excluding carboxylic acids is 1. The van der Waals surface area contributed by atoms with E-state index in [1.165, 1.54) is 7.11 Å². The molecule has 1 aromatic heterocycles. The third-order valence-corrected chi connectivity index (χ3v) is 2.75. The maximum atomic E-state index is 11.4. The summed E-state index contributed by atoms with van der Waals surface area (Å²) in [5.41, 5.74) is 1.49. The van der Waals surface area contributed by atoms with Crippen LogP contribution in [0.2, 0.25) is 0 Å². The van der Waals surface area contributed by atoms with Crippen molar-refractivity contribution >= 4 is 5.97 Å². The zero-order valence-corrected chi connectivity index (χ0v) is 10.5. The van der Waals surface area contributed by atoms with Gasteiger partial charge in [0.15, 0.2) is 0 Å². The van der Waals surface area contributed by atoms with Crippen LogP contribution in [0.1, 0.15) is 25.1 Å². The molecule has 1 N–H and O–H groups in total. The van der Waals surface area contributed by atoms with Gasteiger partial charge in [0.25, 0.3) is 0 Å². The molecule has 16 heavy (non-hydrogen) atoms. The van der Waals surface area contributed by atoms with Crippen LogP contribution in [-0.4, -0.2) is 28.4 Å². The molecule has 0 fully saturated rings. The maximum Gasteiger partial charge on any atom is 0.325 e. The van der Waals surface area contributed by atoms with Gasteiger partial charge in [-0.15, -0.1) is 0 Å². The van der Waals surface area contributed by atoms with Crippen LogP contribution in [0, 0.1) is 6.92 Å². The largest absolute Gasteiger partial charge is 0.468 e. The smallest absolute Gasteiger partial charge is 0.325 e. The molecule has 1 heterocycles. The Morgan fingerprint density at radius 3 is 2.69 bits per heavy atom. The zero-order valence-electron chi connectivity index (χ0n) is 10.5. The first-order valence-corrected chi connectivity index (χ1v) is 5.19. The van der Waals surface area contributed by atoms with Gasteiger partial charge in [-0.2, -0.15) is 5.10 Å². The summed E-state index contributed by atoms with van der Waals surface area (Å²) in [7, 11) is 3.28. The van der Waals surface area contributed by atoms with Crippen molar-refractivity contribution in [2.75, 3.05) is 7.11 Å². The van der Waals surface area contributed by atoms with Gasteiger partial charge in [0.2, 0.25) is 0 Å². The number of carbonyl (C=O) groups is 1. The van der Waals surface area contributed by atoms with Crippen LogP contribution < -0.4 is 5.32 Å². The molecule has 5 nitrogen and oxygen atoms in total. The topological polar surface area (TPSA) is 56.1 Å². The quantitative estimate of drug-likeness (QED) is 0.769. The van der Waals surface area contributed by atoms with Crippen molar-refractivity contribution in [1.82, 2.24) is 15.1 Å². The lowest BCUT2D eigenvalue weighted by atomic mass is 10.1. The van der Waals surface area contributed by atoms with E-state index in [-0.39, 0.29) is 5.97 Å². The molecule has 0 saturated heterocycles. The Hall–Kier alpha value is -1.36. The predicted octanol–water partition coefficient (Wildman–Crippen LogP) is 0.770. The Bertz CT molecular complexity index is 383. The Balaban J connectivity index is 2.64. The van der Waals surface area contributed by atoms with Crippen molar-refractivity contribution in [3.8, 4) is 0 Å². The van der Waals surface area contributed by atoms with E-state index in [1.807, 2.05) is 18.7 Å². The van der Waals surface area contributed by atoms with Crippen LogP contribution in [-0.2, 0) is 23.1 Å². The van der Waals surface area contributed by atoms with Crippen LogP contribution >= 0.6 is 0 Å². The number of ether oxygens (including phenoxy) is 1. The second-order valence-electron chi connectivity index (χ2n) is 4.35. The Morgan fingerprint density at radius 1 is 1.62 bits per heavy atom. The average molecular weight is 225 g/mol. The summed E-state index contributed by atoms with van der Waals surface area (Å²) in [4.78, 5) is 11.4. The minimum absolute atomic E-state index is 0.269. The number of nitrogens with zero attached hydrogens (tertiary/aromatic N) is 2. The van der Waals surface area contributed by atoms with E-state index in [0.717, 1.165) is 11.3 Å². The van der Waals surface area contributed by atoms with E-state index in [1.54, 1.807) is 20.0 Å². The third-order valence-electron chi connectivity index (χ3n) is 2.75. The monoisotopic (exact) mass is 225 g/mol. The molecule has 0 bridgehead atoms. The summed E-state index contributed by atoms with van der Waals surface area (Å²) >= 11 is 0. The fourth-order valence-corrected chi connectivity index (χ4v) is 1.36. The van der Waals surface area contributed by atoms with Crippen LogP contribution in [0.4, 0.5) is 0 Å². The fourth-order valence-electron chi connectivity index (χ4n) is 1.36. The van der Waals surface area contributed by atoms with Crippen LogP contribution in [0.15, 0.2) is 6.20 Å². The van der Waals surface area contributed by atoms with E-state index in [0.29, 0.717) is 6.54 Å². The van der Waals surface area contributed by atoms with Crippen LogP contribution in [0.5, 0.6) is 0 Å². The lowest BCUT2D eigenvalue weighted by Crippen LogP contribution is -2.47. The van der Waals surface area contributed by atoms with Crippen molar-refractivity contribution in [2.24, 2.45) is 7.05 Å². The highest BCUT2D eigenvalue weighted by Crippen LogP contribution is 2.09. The van der Waals surface area contributed by atoms with E-state index in [4.69, 9.17) is 4.74 Å². The van der Waals surface area contributed by atoms with Gasteiger partial charge >= 0.3 is 5.97 Å². The normalized spacial score (nSPS) is 11.6. The van der Waals surface area contributed by atoms with E-state index < -0.39 is 5.54 Å². The molecular weight excluding hydrogens is 206 g/mol. The zero-order chi connectivity index (χ0) is 12.3. The van der Waals surface area contributed by atoms with Gasteiger partial charge in [-0.1, -0.05) is 0 Å². The van der Waals surface area contributed by atoms with Crippen molar-refractivity contribution in [2.45, 2.75) is 32.9 Å². The van der Waals surface area contributed by atoms with Gasteiger partial charge in [-0.25, -0.2) is 0 Å². The summed E-state index contributed by atoms with van der Waals surface area (Å²) in [6, 6.07) is 0. The lowest BCUT2D eigenvalue weighted by molar-refractivity contribution is -0.147. The second-order valence-corrected chi connectivity index (χ2v) is 4.35. The molecule has 0 atom stereocenters. The summed E-state index contributed by atoms with van der Waals surface area (Å²) in [6.45, 7) is 6.19. The molecule has 1 aromatic rings. The minimum Gasteiger partial charge on any atom is -0.468 e. The molecule has 0 saturated carbocycles. The van der Waals surface area contributed by atoms with E-state index in [9.17, 15) is 4.79 Å². The number of esters is 1. The highest BCUT2D eigenvalue weighted by Gasteiger charge is 2.27. The van der Waals surface area contributed by atoms with Gasteiger partial charge in [0.1, 0.15) is 5.54 Å². The molecule has 0 aromatic carbocycles. The highest BCUT2D eigenvalue weighted by molar-refractivity contribution is 5.79. The summed E-state index contributed by atoms with van der Waals surface area (Å²) in [5, 5.41) is 7.29. The molecular formula is C11H19N3O2. The van der Waals surface area contributed by atoms with Crippen LogP contribution in [0.25, 0.3) is 0 Å². The molecule has 0 aliphatic carbocycles. The van der Waals surface area contributed by atoms with Gasteiger partial charge in [-0.3, -0.25) is 14.8 Å². The number of hydrogen-bond acceptors (Lipinski definition) is 4.